The number of benzene rings is 1. The van der Waals surface area contributed by atoms with E-state index in [2.05, 4.69) is 9.71 Å². The largest absolute Gasteiger partial charge is 0.444 e. The third kappa shape index (κ3) is 6.53. The van der Waals surface area contributed by atoms with Gasteiger partial charge in [-0.25, -0.2) is 17.9 Å². The summed E-state index contributed by atoms with van der Waals surface area (Å²) in [5.74, 6) is 0. The highest BCUT2D eigenvalue weighted by molar-refractivity contribution is 7.89. The third-order valence-electron chi connectivity index (χ3n) is 4.08. The molecule has 0 saturated heterocycles. The number of nitrogens with zero attached hydrogens (tertiary/aromatic N) is 2. The van der Waals surface area contributed by atoms with E-state index in [-0.39, 0.29) is 29.6 Å². The van der Waals surface area contributed by atoms with Crippen LogP contribution in [0.25, 0.3) is 10.8 Å². The van der Waals surface area contributed by atoms with Crippen molar-refractivity contribution in [1.82, 2.24) is 14.6 Å². The van der Waals surface area contributed by atoms with Gasteiger partial charge in [-0.1, -0.05) is 23.7 Å². The number of carbonyl (C=O) groups excluding carboxylic acids is 1. The second-order valence-corrected chi connectivity index (χ2v) is 10.1. The first-order valence-electron chi connectivity index (χ1n) is 9.58. The van der Waals surface area contributed by atoms with Gasteiger partial charge in [-0.2, -0.15) is 0 Å². The lowest BCUT2D eigenvalue weighted by Crippen LogP contribution is -2.46. The predicted molar refractivity (Wildman–Crippen MR) is 116 cm³/mol. The lowest BCUT2D eigenvalue weighted by Gasteiger charge is -2.29. The SMILES string of the molecule is C[C@@H](CN(CCCO)C(=O)OC(C)(C)C)NS(=O)(=O)c1cccc2cncc(Cl)c12. The number of aliphatic hydroxyl groups excluding tert-OH is 1. The molecule has 0 spiro atoms. The number of pyridine rings is 1. The Kier molecular flexibility index (Phi) is 8.04. The number of fused-ring (bicyclic) bond motifs is 1. The molecule has 30 heavy (non-hydrogen) atoms. The van der Waals surface area contributed by atoms with Gasteiger partial charge in [-0.3, -0.25) is 4.98 Å². The average Bonchev–Trinajstić information content (AvgIpc) is 2.63. The monoisotopic (exact) mass is 457 g/mol. The first-order valence-corrected chi connectivity index (χ1v) is 11.4. The van der Waals surface area contributed by atoms with E-state index >= 15 is 0 Å². The van der Waals surface area contributed by atoms with Crippen LogP contribution in [0.5, 0.6) is 0 Å². The van der Waals surface area contributed by atoms with Gasteiger partial charge in [0.25, 0.3) is 0 Å². The molecule has 2 rings (SSSR count). The molecule has 0 saturated carbocycles. The van der Waals surface area contributed by atoms with Crippen LogP contribution in [0.2, 0.25) is 5.02 Å². The second kappa shape index (κ2) is 9.91. The van der Waals surface area contributed by atoms with Crippen LogP contribution >= 0.6 is 11.6 Å². The number of ether oxygens (including phenoxy) is 1. The van der Waals surface area contributed by atoms with Gasteiger partial charge in [0, 0.05) is 48.9 Å². The van der Waals surface area contributed by atoms with Crippen LogP contribution in [0.1, 0.15) is 34.1 Å². The molecule has 0 fully saturated rings. The number of aliphatic hydroxyl groups is 1. The van der Waals surface area contributed by atoms with Crippen LogP contribution in [0.15, 0.2) is 35.5 Å². The lowest BCUT2D eigenvalue weighted by molar-refractivity contribution is 0.0229. The van der Waals surface area contributed by atoms with Gasteiger partial charge < -0.3 is 14.7 Å². The molecule has 1 aromatic carbocycles. The van der Waals surface area contributed by atoms with E-state index < -0.39 is 27.8 Å². The normalized spacial score (nSPS) is 13.3. The van der Waals surface area contributed by atoms with Crippen molar-refractivity contribution >= 4 is 38.5 Å². The number of aromatic nitrogens is 1. The molecule has 0 aliphatic carbocycles. The molecule has 0 radical (unpaired) electrons. The topological polar surface area (TPSA) is 109 Å². The zero-order valence-corrected chi connectivity index (χ0v) is 19.1. The van der Waals surface area contributed by atoms with Crippen molar-refractivity contribution in [3.8, 4) is 0 Å². The molecule has 2 aromatic rings. The van der Waals surface area contributed by atoms with E-state index in [1.54, 1.807) is 46.0 Å². The maximum absolute atomic E-state index is 13.0. The second-order valence-electron chi connectivity index (χ2n) is 8.00. The molecule has 166 valence electrons. The number of sulfonamides is 1. The minimum atomic E-state index is -3.93. The molecule has 2 N–H and O–H groups in total. The third-order valence-corrected chi connectivity index (χ3v) is 6.00. The standard InChI is InChI=1S/C20H28ClN3O5S/c1-14(13-24(9-6-10-25)19(26)29-20(2,3)4)23-30(27,28)17-8-5-7-15-11-22-12-16(21)18(15)17/h5,7-8,11-12,14,23,25H,6,9-10,13H2,1-4H3/t14-/m0/s1. The van der Waals surface area contributed by atoms with E-state index in [4.69, 9.17) is 21.4 Å². The number of hydrogen-bond acceptors (Lipinski definition) is 6. The van der Waals surface area contributed by atoms with Crippen LogP contribution in [-0.2, 0) is 14.8 Å². The number of carbonyl (C=O) groups is 1. The number of rotatable bonds is 8. The minimum Gasteiger partial charge on any atom is -0.444 e. The minimum absolute atomic E-state index is 0.0402. The summed E-state index contributed by atoms with van der Waals surface area (Å²) >= 11 is 6.20. The lowest BCUT2D eigenvalue weighted by atomic mass is 10.2. The molecule has 0 aliphatic rings. The van der Waals surface area contributed by atoms with Gasteiger partial charge in [-0.05, 0) is 40.2 Å². The maximum atomic E-state index is 13.0. The van der Waals surface area contributed by atoms with Crippen molar-refractivity contribution in [2.24, 2.45) is 0 Å². The van der Waals surface area contributed by atoms with Crippen molar-refractivity contribution in [3.63, 3.8) is 0 Å². The Balaban J connectivity index is 2.22. The van der Waals surface area contributed by atoms with Gasteiger partial charge in [0.2, 0.25) is 10.0 Å². The number of hydrogen-bond donors (Lipinski definition) is 2. The molecule has 0 bridgehead atoms. The van der Waals surface area contributed by atoms with E-state index in [0.717, 1.165) is 0 Å². The van der Waals surface area contributed by atoms with Crippen molar-refractivity contribution in [2.45, 2.75) is 50.7 Å². The highest BCUT2D eigenvalue weighted by Gasteiger charge is 2.26. The highest BCUT2D eigenvalue weighted by atomic mass is 35.5. The van der Waals surface area contributed by atoms with Gasteiger partial charge >= 0.3 is 6.09 Å². The van der Waals surface area contributed by atoms with Crippen LogP contribution in [0, 0.1) is 0 Å². The van der Waals surface area contributed by atoms with E-state index in [1.807, 2.05) is 0 Å². The van der Waals surface area contributed by atoms with Crippen molar-refractivity contribution in [2.75, 3.05) is 19.7 Å². The molecule has 1 heterocycles. The molecule has 0 unspecified atom stereocenters. The maximum Gasteiger partial charge on any atom is 0.410 e. The number of halogens is 1. The van der Waals surface area contributed by atoms with Crippen LogP contribution in [-0.4, -0.2) is 60.8 Å². The Hall–Kier alpha value is -1.94. The van der Waals surface area contributed by atoms with Crippen LogP contribution in [0.3, 0.4) is 0 Å². The fraction of sp³-hybridized carbons (Fsp3) is 0.500. The van der Waals surface area contributed by atoms with E-state index in [9.17, 15) is 13.2 Å². The summed E-state index contributed by atoms with van der Waals surface area (Å²) in [6.45, 7) is 7.13. The predicted octanol–water partition coefficient (Wildman–Crippen LogP) is 3.17. The van der Waals surface area contributed by atoms with Gasteiger partial charge in [0.05, 0.1) is 9.92 Å². The van der Waals surface area contributed by atoms with Crippen molar-refractivity contribution in [3.05, 3.63) is 35.6 Å². The van der Waals surface area contributed by atoms with Crippen molar-refractivity contribution < 1.29 is 23.1 Å². The summed E-state index contributed by atoms with van der Waals surface area (Å²) in [5, 5.41) is 10.3. The van der Waals surface area contributed by atoms with Crippen molar-refractivity contribution in [1.29, 1.82) is 0 Å². The van der Waals surface area contributed by atoms with Gasteiger partial charge in [-0.15, -0.1) is 0 Å². The van der Waals surface area contributed by atoms with E-state index in [1.165, 1.54) is 17.2 Å². The molecule has 1 amide bonds. The summed E-state index contributed by atoms with van der Waals surface area (Å²) in [7, 11) is -3.93. The molecular formula is C20H28ClN3O5S. The molecule has 0 aliphatic heterocycles. The number of nitrogens with one attached hydrogen (secondary N) is 1. The summed E-state index contributed by atoms with van der Waals surface area (Å²) < 4.78 is 34.1. The summed E-state index contributed by atoms with van der Waals surface area (Å²) in [6, 6.07) is 4.21. The Morgan fingerprint density at radius 1 is 1.33 bits per heavy atom. The number of amides is 1. The Bertz CT molecular complexity index is 986. The molecule has 8 nitrogen and oxygen atoms in total. The molecular weight excluding hydrogens is 430 g/mol. The summed E-state index contributed by atoms with van der Waals surface area (Å²) in [6.07, 6.45) is 2.72. The molecule has 1 aromatic heterocycles. The average molecular weight is 458 g/mol. The van der Waals surface area contributed by atoms with Gasteiger partial charge in [0.1, 0.15) is 5.60 Å². The quantitative estimate of drug-likeness (QED) is 0.630. The zero-order chi connectivity index (χ0) is 22.5. The Labute approximate surface area is 182 Å². The van der Waals surface area contributed by atoms with Crippen LogP contribution < -0.4 is 4.72 Å². The van der Waals surface area contributed by atoms with Gasteiger partial charge in [0.15, 0.2) is 0 Å². The van der Waals surface area contributed by atoms with E-state index in [0.29, 0.717) is 17.2 Å². The fourth-order valence-electron chi connectivity index (χ4n) is 2.92. The Morgan fingerprint density at radius 2 is 2.03 bits per heavy atom. The first-order chi connectivity index (χ1) is 13.9. The summed E-state index contributed by atoms with van der Waals surface area (Å²) in [5.41, 5.74) is -0.689. The smallest absolute Gasteiger partial charge is 0.410 e. The Morgan fingerprint density at radius 3 is 2.67 bits per heavy atom. The highest BCUT2D eigenvalue weighted by Crippen LogP contribution is 2.29. The zero-order valence-electron chi connectivity index (χ0n) is 17.6. The van der Waals surface area contributed by atoms with Crippen LogP contribution in [0.4, 0.5) is 4.79 Å². The fourth-order valence-corrected chi connectivity index (χ4v) is 4.73. The molecule has 10 heteroatoms. The summed E-state index contributed by atoms with van der Waals surface area (Å²) in [4.78, 5) is 17.9. The molecule has 1 atom stereocenters. The first kappa shape index (κ1) is 24.3.